The highest BCUT2D eigenvalue weighted by Gasteiger charge is 2.20. The summed E-state index contributed by atoms with van der Waals surface area (Å²) in [5.41, 5.74) is 6.25. The highest BCUT2D eigenvalue weighted by Crippen LogP contribution is 2.16. The van der Waals surface area contributed by atoms with Crippen molar-refractivity contribution in [3.05, 3.63) is 11.8 Å². The quantitative estimate of drug-likeness (QED) is 0.829. The zero-order chi connectivity index (χ0) is 13.8. The maximum absolute atomic E-state index is 12.0. The molecule has 1 aliphatic heterocycles. The van der Waals surface area contributed by atoms with Gasteiger partial charge in [-0.15, -0.1) is 0 Å². The van der Waals surface area contributed by atoms with E-state index in [4.69, 9.17) is 5.73 Å². The Balaban J connectivity index is 1.80. The van der Waals surface area contributed by atoms with Crippen LogP contribution in [0.2, 0.25) is 0 Å². The summed E-state index contributed by atoms with van der Waals surface area (Å²) in [7, 11) is 1.73. The van der Waals surface area contributed by atoms with E-state index in [0.717, 1.165) is 39.0 Å². The van der Waals surface area contributed by atoms with E-state index in [1.54, 1.807) is 7.05 Å². The number of carbonyl (C=O) groups is 1. The van der Waals surface area contributed by atoms with Crippen LogP contribution < -0.4 is 11.1 Å². The summed E-state index contributed by atoms with van der Waals surface area (Å²) in [5, 5.41) is 6.94. The maximum Gasteiger partial charge on any atom is 0.256 e. The van der Waals surface area contributed by atoms with Gasteiger partial charge in [-0.3, -0.25) is 9.48 Å². The second kappa shape index (κ2) is 6.06. The van der Waals surface area contributed by atoms with Crippen molar-refractivity contribution >= 4 is 11.7 Å². The molecule has 0 saturated carbocycles. The Morgan fingerprint density at radius 3 is 2.74 bits per heavy atom. The van der Waals surface area contributed by atoms with Crippen LogP contribution in [-0.4, -0.2) is 46.8 Å². The largest absolute Gasteiger partial charge is 0.383 e. The van der Waals surface area contributed by atoms with E-state index in [1.807, 2.05) is 0 Å². The lowest BCUT2D eigenvalue weighted by Gasteiger charge is -2.30. The van der Waals surface area contributed by atoms with Gasteiger partial charge < -0.3 is 16.0 Å². The van der Waals surface area contributed by atoms with Gasteiger partial charge in [0.1, 0.15) is 11.4 Å². The van der Waals surface area contributed by atoms with Gasteiger partial charge in [-0.25, -0.2) is 0 Å². The Morgan fingerprint density at radius 1 is 1.53 bits per heavy atom. The summed E-state index contributed by atoms with van der Waals surface area (Å²) in [4.78, 5) is 14.4. The summed E-state index contributed by atoms with van der Waals surface area (Å²) >= 11 is 0. The molecule has 0 spiro atoms. The third-order valence-electron chi connectivity index (χ3n) is 3.93. The lowest BCUT2D eigenvalue weighted by atomic mass is 9.97. The molecule has 0 bridgehead atoms. The number of nitrogen functional groups attached to an aromatic ring is 1. The number of nitrogens with two attached hydrogens (primary N) is 1. The first-order valence-electron chi connectivity index (χ1n) is 6.89. The van der Waals surface area contributed by atoms with E-state index in [1.165, 1.54) is 10.9 Å². The highest BCUT2D eigenvalue weighted by atomic mass is 16.1. The van der Waals surface area contributed by atoms with Gasteiger partial charge in [-0.2, -0.15) is 5.10 Å². The van der Waals surface area contributed by atoms with Gasteiger partial charge in [-0.1, -0.05) is 6.92 Å². The zero-order valence-electron chi connectivity index (χ0n) is 11.7. The van der Waals surface area contributed by atoms with Gasteiger partial charge in [0, 0.05) is 13.6 Å². The molecule has 0 unspecified atom stereocenters. The molecule has 1 fully saturated rings. The average Bonchev–Trinajstić information content (AvgIpc) is 2.77. The topological polar surface area (TPSA) is 76.2 Å². The van der Waals surface area contributed by atoms with Gasteiger partial charge in [-0.05, 0) is 38.4 Å². The molecule has 1 aromatic rings. The number of piperidine rings is 1. The molecular weight excluding hydrogens is 242 g/mol. The molecule has 6 nitrogen and oxygen atoms in total. The molecule has 0 aliphatic carbocycles. The van der Waals surface area contributed by atoms with E-state index < -0.39 is 0 Å². The molecule has 2 rings (SSSR count). The van der Waals surface area contributed by atoms with Crippen LogP contribution >= 0.6 is 0 Å². The van der Waals surface area contributed by atoms with Gasteiger partial charge in [0.2, 0.25) is 0 Å². The van der Waals surface area contributed by atoms with Crippen molar-refractivity contribution in [3.63, 3.8) is 0 Å². The Labute approximate surface area is 113 Å². The normalized spacial score (nSPS) is 17.6. The van der Waals surface area contributed by atoms with Crippen LogP contribution in [-0.2, 0) is 7.05 Å². The first-order valence-corrected chi connectivity index (χ1v) is 6.89. The molecule has 1 amide bonds. The second-order valence-corrected chi connectivity index (χ2v) is 5.15. The Kier molecular flexibility index (Phi) is 4.42. The lowest BCUT2D eigenvalue weighted by Crippen LogP contribution is -2.38. The van der Waals surface area contributed by atoms with Gasteiger partial charge >= 0.3 is 0 Å². The Hall–Kier alpha value is -1.56. The van der Waals surface area contributed by atoms with E-state index >= 15 is 0 Å². The minimum atomic E-state index is -0.122. The average molecular weight is 265 g/mol. The van der Waals surface area contributed by atoms with Crippen molar-refractivity contribution in [1.82, 2.24) is 20.0 Å². The molecule has 0 radical (unpaired) electrons. The number of amides is 1. The van der Waals surface area contributed by atoms with Gasteiger partial charge in [0.05, 0.1) is 6.20 Å². The predicted octanol–water partition coefficient (Wildman–Crippen LogP) is 0.464. The molecule has 1 saturated heterocycles. The van der Waals surface area contributed by atoms with Crippen LogP contribution in [0.25, 0.3) is 0 Å². The molecule has 19 heavy (non-hydrogen) atoms. The molecular formula is C13H23N5O. The minimum Gasteiger partial charge on any atom is -0.383 e. The fourth-order valence-corrected chi connectivity index (χ4v) is 2.46. The number of nitrogens with zero attached hydrogens (tertiary/aromatic N) is 3. The molecule has 2 heterocycles. The van der Waals surface area contributed by atoms with Gasteiger partial charge in [0.25, 0.3) is 5.91 Å². The number of hydrogen-bond donors (Lipinski definition) is 2. The number of aryl methyl sites for hydroxylation is 1. The molecule has 0 aromatic carbocycles. The molecule has 6 heteroatoms. The third-order valence-corrected chi connectivity index (χ3v) is 3.93. The highest BCUT2D eigenvalue weighted by molar-refractivity contribution is 5.98. The van der Waals surface area contributed by atoms with Crippen molar-refractivity contribution < 1.29 is 4.79 Å². The zero-order valence-corrected chi connectivity index (χ0v) is 11.7. The van der Waals surface area contributed by atoms with Crippen LogP contribution in [0.4, 0.5) is 5.82 Å². The van der Waals surface area contributed by atoms with Crippen molar-refractivity contribution in [3.8, 4) is 0 Å². The van der Waals surface area contributed by atoms with Crippen molar-refractivity contribution in [2.45, 2.75) is 19.8 Å². The Bertz CT molecular complexity index is 434. The standard InChI is InChI=1S/C13H23N5O/c1-3-18-6-4-10(5-7-18)8-15-13(19)11-9-16-17(2)12(11)14/h9-10H,3-8,14H2,1-2H3,(H,15,19). The predicted molar refractivity (Wildman–Crippen MR) is 74.8 cm³/mol. The van der Waals surface area contributed by atoms with Crippen LogP contribution in [0.1, 0.15) is 30.1 Å². The summed E-state index contributed by atoms with van der Waals surface area (Å²) in [5.74, 6) is 0.867. The maximum atomic E-state index is 12.0. The van der Waals surface area contributed by atoms with Crippen molar-refractivity contribution in [2.24, 2.45) is 13.0 Å². The number of hydrogen-bond acceptors (Lipinski definition) is 4. The summed E-state index contributed by atoms with van der Waals surface area (Å²) in [6, 6.07) is 0. The summed E-state index contributed by atoms with van der Waals surface area (Å²) < 4.78 is 1.51. The van der Waals surface area contributed by atoms with Crippen LogP contribution in [0, 0.1) is 5.92 Å². The summed E-state index contributed by atoms with van der Waals surface area (Å²) in [6.45, 7) is 6.29. The minimum absolute atomic E-state index is 0.122. The van der Waals surface area contributed by atoms with Crippen LogP contribution in [0.3, 0.4) is 0 Å². The van der Waals surface area contributed by atoms with Crippen LogP contribution in [0.15, 0.2) is 6.20 Å². The number of aromatic nitrogens is 2. The summed E-state index contributed by atoms with van der Waals surface area (Å²) in [6.07, 6.45) is 3.82. The fourth-order valence-electron chi connectivity index (χ4n) is 2.46. The molecule has 1 aliphatic rings. The number of likely N-dealkylation sites (tertiary alicyclic amines) is 1. The fraction of sp³-hybridized carbons (Fsp3) is 0.692. The molecule has 3 N–H and O–H groups in total. The number of carbonyl (C=O) groups excluding carboxylic acids is 1. The smallest absolute Gasteiger partial charge is 0.256 e. The first kappa shape index (κ1) is 13.9. The second-order valence-electron chi connectivity index (χ2n) is 5.15. The van der Waals surface area contributed by atoms with E-state index in [0.29, 0.717) is 17.3 Å². The van der Waals surface area contributed by atoms with Crippen molar-refractivity contribution in [2.75, 3.05) is 31.9 Å². The van der Waals surface area contributed by atoms with Gasteiger partial charge in [0.15, 0.2) is 0 Å². The molecule has 106 valence electrons. The van der Waals surface area contributed by atoms with Crippen molar-refractivity contribution in [1.29, 1.82) is 0 Å². The Morgan fingerprint density at radius 2 is 2.21 bits per heavy atom. The van der Waals surface area contributed by atoms with E-state index in [9.17, 15) is 4.79 Å². The number of rotatable bonds is 4. The molecule has 1 aromatic heterocycles. The first-order chi connectivity index (χ1) is 9.11. The number of anilines is 1. The SMILES string of the molecule is CCN1CCC(CNC(=O)c2cnn(C)c2N)CC1. The van der Waals surface area contributed by atoms with E-state index in [-0.39, 0.29) is 5.91 Å². The lowest BCUT2D eigenvalue weighted by molar-refractivity contribution is 0.0937. The molecule has 0 atom stereocenters. The third kappa shape index (κ3) is 3.26. The number of nitrogens with one attached hydrogen (secondary N) is 1. The van der Waals surface area contributed by atoms with Crippen LogP contribution in [0.5, 0.6) is 0 Å². The van der Waals surface area contributed by atoms with E-state index in [2.05, 4.69) is 22.2 Å². The monoisotopic (exact) mass is 265 g/mol.